The number of aliphatic hydroxyl groups excluding tert-OH is 1. The number of carbonyl (C=O) groups is 1. The first kappa shape index (κ1) is 18.4. The van der Waals surface area contributed by atoms with E-state index in [0.717, 1.165) is 12.1 Å². The average molecular weight is 413 g/mol. The zero-order valence-corrected chi connectivity index (χ0v) is 12.7. The summed E-state index contributed by atoms with van der Waals surface area (Å²) in [6.07, 6.45) is 6.06. The Balaban J connectivity index is 0. The molecule has 0 unspecified atom stereocenters. The molecule has 1 N–H and O–H groups in total. The Labute approximate surface area is 116 Å². The molecule has 0 aliphatic rings. The summed E-state index contributed by atoms with van der Waals surface area (Å²) < 4.78 is 0. The molecule has 0 aliphatic heterocycles. The van der Waals surface area contributed by atoms with Crippen molar-refractivity contribution in [1.29, 1.82) is 0 Å². The van der Waals surface area contributed by atoms with Gasteiger partial charge in [-0.25, -0.2) is 0 Å². The number of nitrogens with zero attached hydrogens (tertiary/aromatic N) is 1. The van der Waals surface area contributed by atoms with Gasteiger partial charge in [0.1, 0.15) is 0 Å². The Bertz CT molecular complexity index is 333. The minimum Gasteiger partial charge on any atom is -0.512 e. The van der Waals surface area contributed by atoms with Crippen molar-refractivity contribution in [2.45, 2.75) is 27.2 Å². The Kier molecular flexibility index (Phi) is 12.4. The number of pyridine rings is 1. The summed E-state index contributed by atoms with van der Waals surface area (Å²) in [5.74, 6) is -0.0625. The molecule has 4 heteroatoms. The maximum atomic E-state index is 10.0. The van der Waals surface area contributed by atoms with E-state index in [2.05, 4.69) is 11.4 Å². The second-order valence-corrected chi connectivity index (χ2v) is 3.33. The second kappa shape index (κ2) is 11.5. The van der Waals surface area contributed by atoms with Crippen LogP contribution in [0.3, 0.4) is 0 Å². The molecule has 1 radical (unpaired) electrons. The molecule has 0 amide bonds. The van der Waals surface area contributed by atoms with Crippen molar-refractivity contribution < 1.29 is 30.0 Å². The van der Waals surface area contributed by atoms with Gasteiger partial charge in [0, 0.05) is 38.1 Å². The predicted molar refractivity (Wildman–Crippen MR) is 65.0 cm³/mol. The third-order valence-electron chi connectivity index (χ3n) is 1.55. The first-order valence-electron chi connectivity index (χ1n) is 5.11. The van der Waals surface area contributed by atoms with Gasteiger partial charge in [0.2, 0.25) is 0 Å². The molecule has 0 aliphatic carbocycles. The van der Waals surface area contributed by atoms with Crippen LogP contribution in [0, 0.1) is 6.42 Å². The summed E-state index contributed by atoms with van der Waals surface area (Å²) in [4.78, 5) is 14.2. The molecule has 0 spiro atoms. The number of allylic oxidation sites excluding steroid dienone is 2. The van der Waals surface area contributed by atoms with Gasteiger partial charge in [-0.1, -0.05) is 6.07 Å². The molecule has 1 aromatic heterocycles. The number of rotatable bonds is 3. The topological polar surface area (TPSA) is 50.2 Å². The van der Waals surface area contributed by atoms with Crippen LogP contribution in [0.2, 0.25) is 0 Å². The van der Waals surface area contributed by atoms with Crippen LogP contribution in [0.4, 0.5) is 0 Å². The van der Waals surface area contributed by atoms with Gasteiger partial charge in [-0.05, 0) is 26.0 Å². The molecule has 3 nitrogen and oxygen atoms in total. The van der Waals surface area contributed by atoms with Crippen LogP contribution >= 0.6 is 0 Å². The number of ketones is 1. The summed E-state index contributed by atoms with van der Waals surface area (Å²) in [5.41, 5.74) is 1.14. The maximum Gasteiger partial charge on any atom is 0.155 e. The molecule has 17 heavy (non-hydrogen) atoms. The zero-order valence-electron chi connectivity index (χ0n) is 10.3. The molecular formula is C13H18IrNO2-. The van der Waals surface area contributed by atoms with E-state index in [1.165, 1.54) is 19.9 Å². The van der Waals surface area contributed by atoms with Crippen molar-refractivity contribution in [1.82, 2.24) is 4.98 Å². The van der Waals surface area contributed by atoms with E-state index in [1.54, 1.807) is 0 Å². The minimum atomic E-state index is -0.125. The van der Waals surface area contributed by atoms with Crippen LogP contribution in [0.15, 0.2) is 36.2 Å². The minimum absolute atomic E-state index is 0. The van der Waals surface area contributed by atoms with Crippen molar-refractivity contribution in [3.63, 3.8) is 0 Å². The summed E-state index contributed by atoms with van der Waals surface area (Å²) in [7, 11) is 0. The Morgan fingerprint density at radius 1 is 1.47 bits per heavy atom. The number of carbonyl (C=O) groups excluding carboxylic acids is 1. The van der Waals surface area contributed by atoms with E-state index in [9.17, 15) is 4.79 Å². The number of aliphatic hydroxyl groups is 1. The molecule has 1 heterocycles. The normalized spacial score (nSPS) is 9.71. The zero-order chi connectivity index (χ0) is 12.4. The molecule has 1 aromatic rings. The van der Waals surface area contributed by atoms with Gasteiger partial charge >= 0.3 is 0 Å². The number of hydrogen-bond donors (Lipinski definition) is 1. The quantitative estimate of drug-likeness (QED) is 0.472. The summed E-state index contributed by atoms with van der Waals surface area (Å²) >= 11 is 0. The summed E-state index contributed by atoms with van der Waals surface area (Å²) in [6, 6.07) is 5.96. The van der Waals surface area contributed by atoms with E-state index in [4.69, 9.17) is 5.11 Å². The van der Waals surface area contributed by atoms with Gasteiger partial charge in [0.15, 0.2) is 5.78 Å². The molecule has 0 atom stereocenters. The van der Waals surface area contributed by atoms with Crippen LogP contribution in [0.1, 0.15) is 26.5 Å². The molecule has 0 aromatic carbocycles. The van der Waals surface area contributed by atoms with Crippen LogP contribution in [-0.4, -0.2) is 15.9 Å². The molecule has 0 saturated carbocycles. The molecule has 0 fully saturated rings. The van der Waals surface area contributed by atoms with Gasteiger partial charge in [-0.2, -0.15) is 6.92 Å². The standard InChI is InChI=1S/C8H10N.C5H8O2.Ir/c1-2-5-8-6-3-4-7-9-8;1-4(6)3-5(2)7;/h2-4,6-7H,5H2,1H3;3,6H,1-2H3;/q-1;;/b;4-3-;. The Hall–Kier alpha value is -0.991. The van der Waals surface area contributed by atoms with E-state index in [-0.39, 0.29) is 31.6 Å². The van der Waals surface area contributed by atoms with Gasteiger partial charge in [0.05, 0.1) is 5.76 Å². The fourth-order valence-corrected chi connectivity index (χ4v) is 1.02. The molecule has 0 saturated heterocycles. The number of aromatic nitrogens is 1. The Morgan fingerprint density at radius 2 is 2.12 bits per heavy atom. The SMILES string of the molecule is CC(=O)/C=C(/C)O.C[CH-]Cc1ccccn1.[Ir]. The second-order valence-electron chi connectivity index (χ2n) is 3.33. The van der Waals surface area contributed by atoms with Crippen molar-refractivity contribution >= 4 is 5.78 Å². The number of hydrogen-bond acceptors (Lipinski definition) is 3. The monoisotopic (exact) mass is 413 g/mol. The van der Waals surface area contributed by atoms with Crippen LogP contribution in [0.5, 0.6) is 0 Å². The van der Waals surface area contributed by atoms with E-state index >= 15 is 0 Å². The third kappa shape index (κ3) is 12.9. The molecule has 0 bridgehead atoms. The van der Waals surface area contributed by atoms with Crippen LogP contribution in [0.25, 0.3) is 0 Å². The van der Waals surface area contributed by atoms with Crippen molar-refractivity contribution in [2.75, 3.05) is 0 Å². The fourth-order valence-electron chi connectivity index (χ4n) is 1.02. The van der Waals surface area contributed by atoms with Crippen molar-refractivity contribution in [3.8, 4) is 0 Å². The molecule has 97 valence electrons. The summed E-state index contributed by atoms with van der Waals surface area (Å²) in [6.45, 7) is 4.88. The smallest absolute Gasteiger partial charge is 0.155 e. The fraction of sp³-hybridized carbons (Fsp3) is 0.308. The van der Waals surface area contributed by atoms with Gasteiger partial charge in [-0.3, -0.25) is 9.78 Å². The molecular weight excluding hydrogens is 394 g/mol. The first-order chi connectivity index (χ1) is 7.56. The Morgan fingerprint density at radius 3 is 2.41 bits per heavy atom. The van der Waals surface area contributed by atoms with E-state index in [0.29, 0.717) is 0 Å². The van der Waals surface area contributed by atoms with Gasteiger partial charge in [-0.15, -0.1) is 6.42 Å². The average Bonchev–Trinajstić information content (AvgIpc) is 2.18. The summed E-state index contributed by atoms with van der Waals surface area (Å²) in [5, 5.41) is 8.36. The third-order valence-corrected chi connectivity index (χ3v) is 1.55. The molecule has 1 rings (SSSR count). The maximum absolute atomic E-state index is 10.0. The van der Waals surface area contributed by atoms with Gasteiger partial charge < -0.3 is 11.5 Å². The van der Waals surface area contributed by atoms with Crippen LogP contribution in [-0.2, 0) is 31.3 Å². The van der Waals surface area contributed by atoms with Gasteiger partial charge in [0.25, 0.3) is 0 Å². The van der Waals surface area contributed by atoms with E-state index in [1.807, 2.05) is 31.3 Å². The largest absolute Gasteiger partial charge is 0.512 e. The first-order valence-corrected chi connectivity index (χ1v) is 5.11. The van der Waals surface area contributed by atoms with Crippen molar-refractivity contribution in [2.24, 2.45) is 0 Å². The van der Waals surface area contributed by atoms with Crippen LogP contribution < -0.4 is 0 Å². The predicted octanol–water partition coefficient (Wildman–Crippen LogP) is 2.88. The van der Waals surface area contributed by atoms with Crippen molar-refractivity contribution in [3.05, 3.63) is 48.3 Å². The van der Waals surface area contributed by atoms with E-state index < -0.39 is 0 Å².